The Morgan fingerprint density at radius 2 is 2.06 bits per heavy atom. The van der Waals surface area contributed by atoms with E-state index in [1.807, 2.05) is 42.4 Å². The van der Waals surface area contributed by atoms with Crippen molar-refractivity contribution in [3.8, 4) is 0 Å². The van der Waals surface area contributed by atoms with E-state index in [-0.39, 0.29) is 18.8 Å². The lowest BCUT2D eigenvalue weighted by Gasteiger charge is -2.37. The Hall–Kier alpha value is -1.28. The molecular formula is C15H19BO2. The maximum atomic E-state index is 5.82. The van der Waals surface area contributed by atoms with Crippen molar-refractivity contribution in [3.05, 3.63) is 47.6 Å². The fourth-order valence-electron chi connectivity index (χ4n) is 2.21. The molecule has 0 amide bonds. The lowest BCUT2D eigenvalue weighted by atomic mass is 9.83. The van der Waals surface area contributed by atoms with E-state index in [0.29, 0.717) is 0 Å². The highest BCUT2D eigenvalue weighted by atomic mass is 16.6. The van der Waals surface area contributed by atoms with Crippen molar-refractivity contribution in [3.63, 3.8) is 0 Å². The molecule has 94 valence electrons. The summed E-state index contributed by atoms with van der Waals surface area (Å²) in [6.45, 7) is 6.26. The van der Waals surface area contributed by atoms with E-state index in [9.17, 15) is 0 Å². The summed E-state index contributed by atoms with van der Waals surface area (Å²) < 4.78 is 11.5. The molecule has 1 aliphatic heterocycles. The molecular weight excluding hydrogens is 223 g/mol. The number of rotatable bonds is 2. The maximum absolute atomic E-state index is 5.82. The first-order valence-electron chi connectivity index (χ1n) is 6.36. The van der Waals surface area contributed by atoms with Crippen molar-refractivity contribution in [1.82, 2.24) is 0 Å². The van der Waals surface area contributed by atoms with Crippen LogP contribution in [0.2, 0.25) is 0 Å². The number of hydrogen-bond acceptors (Lipinski definition) is 2. The molecule has 1 aromatic carbocycles. The number of hydrogen-bond donors (Lipinski definition) is 0. The van der Waals surface area contributed by atoms with Crippen molar-refractivity contribution >= 4 is 13.2 Å². The summed E-state index contributed by atoms with van der Waals surface area (Å²) in [4.78, 5) is 0. The van der Waals surface area contributed by atoms with Crippen LogP contribution in [0.25, 0.3) is 6.08 Å². The molecule has 3 heteroatoms. The summed E-state index contributed by atoms with van der Waals surface area (Å²) >= 11 is 0. The van der Waals surface area contributed by atoms with E-state index >= 15 is 0 Å². The van der Waals surface area contributed by atoms with E-state index in [4.69, 9.17) is 9.31 Å². The zero-order chi connectivity index (χ0) is 13.0. The van der Waals surface area contributed by atoms with Gasteiger partial charge in [-0.3, -0.25) is 0 Å². The molecule has 0 saturated carbocycles. The second kappa shape index (κ2) is 5.58. The van der Waals surface area contributed by atoms with Crippen LogP contribution in [-0.4, -0.2) is 18.8 Å². The predicted molar refractivity (Wildman–Crippen MR) is 75.1 cm³/mol. The van der Waals surface area contributed by atoms with Crippen molar-refractivity contribution in [2.24, 2.45) is 0 Å². The van der Waals surface area contributed by atoms with Gasteiger partial charge in [-0.2, -0.15) is 0 Å². The van der Waals surface area contributed by atoms with Gasteiger partial charge in [-0.1, -0.05) is 30.3 Å². The third-order valence-corrected chi connectivity index (χ3v) is 2.86. The molecule has 1 aromatic rings. The summed E-state index contributed by atoms with van der Waals surface area (Å²) in [5, 5.41) is 0. The van der Waals surface area contributed by atoms with Crippen molar-refractivity contribution < 1.29 is 9.31 Å². The van der Waals surface area contributed by atoms with E-state index < -0.39 is 0 Å². The van der Waals surface area contributed by atoms with Crippen LogP contribution in [0.1, 0.15) is 32.8 Å². The van der Waals surface area contributed by atoms with Gasteiger partial charge in [0.15, 0.2) is 0 Å². The molecule has 1 fully saturated rings. The average Bonchev–Trinajstić information content (AvgIpc) is 2.27. The van der Waals surface area contributed by atoms with Crippen LogP contribution in [0.5, 0.6) is 0 Å². The minimum atomic E-state index is -0.302. The Kier molecular flexibility index (Phi) is 4.08. The van der Waals surface area contributed by atoms with E-state index in [1.54, 1.807) is 0 Å². The molecule has 2 rings (SSSR count). The van der Waals surface area contributed by atoms with Gasteiger partial charge in [0.05, 0.1) is 5.60 Å². The molecule has 0 radical (unpaired) electrons. The lowest BCUT2D eigenvalue weighted by molar-refractivity contribution is -0.0236. The Morgan fingerprint density at radius 3 is 2.72 bits per heavy atom. The first-order chi connectivity index (χ1) is 8.55. The standard InChI is InChI=1S/C15H19BO2/c1-13-12-15(2,3)18-16(17-13)11-7-10-14-8-5-4-6-9-14/h4-6,8-11,13H,12H2,1-3H3. The predicted octanol–water partition coefficient (Wildman–Crippen LogP) is 3.49. The Labute approximate surface area is 109 Å². The normalized spacial score (nSPS) is 22.2. The van der Waals surface area contributed by atoms with Crippen molar-refractivity contribution in [2.45, 2.75) is 38.9 Å². The van der Waals surface area contributed by atoms with Crippen LogP contribution < -0.4 is 0 Å². The fraction of sp³-hybridized carbons (Fsp3) is 0.400. The van der Waals surface area contributed by atoms with Gasteiger partial charge in [0.25, 0.3) is 0 Å². The highest BCUT2D eigenvalue weighted by Gasteiger charge is 2.35. The highest BCUT2D eigenvalue weighted by Crippen LogP contribution is 2.25. The Bertz CT molecular complexity index is 447. The maximum Gasteiger partial charge on any atom is 0.494 e. The van der Waals surface area contributed by atoms with Gasteiger partial charge in [-0.25, -0.2) is 0 Å². The van der Waals surface area contributed by atoms with Crippen LogP contribution >= 0.6 is 0 Å². The quantitative estimate of drug-likeness (QED) is 0.583. The van der Waals surface area contributed by atoms with Gasteiger partial charge in [0, 0.05) is 6.10 Å². The van der Waals surface area contributed by atoms with E-state index in [1.165, 1.54) is 0 Å². The van der Waals surface area contributed by atoms with Crippen LogP contribution in [0, 0.1) is 0 Å². The van der Waals surface area contributed by atoms with Gasteiger partial charge in [0.2, 0.25) is 0 Å². The Balaban J connectivity index is 2.03. The lowest BCUT2D eigenvalue weighted by Crippen LogP contribution is -2.44. The molecule has 1 saturated heterocycles. The second-order valence-corrected chi connectivity index (χ2v) is 5.29. The summed E-state index contributed by atoms with van der Waals surface area (Å²) in [5.74, 6) is 1.84. The fourth-order valence-corrected chi connectivity index (χ4v) is 2.21. The molecule has 1 aliphatic rings. The largest absolute Gasteiger partial charge is 0.494 e. The molecule has 1 heterocycles. The van der Waals surface area contributed by atoms with E-state index in [2.05, 4.69) is 26.5 Å². The van der Waals surface area contributed by atoms with Gasteiger partial charge in [0.1, 0.15) is 0 Å². The molecule has 1 atom stereocenters. The van der Waals surface area contributed by atoms with Crippen molar-refractivity contribution in [1.29, 1.82) is 0 Å². The van der Waals surface area contributed by atoms with Crippen LogP contribution in [0.4, 0.5) is 0 Å². The zero-order valence-corrected chi connectivity index (χ0v) is 11.2. The Morgan fingerprint density at radius 1 is 1.33 bits per heavy atom. The van der Waals surface area contributed by atoms with Gasteiger partial charge < -0.3 is 9.31 Å². The summed E-state index contributed by atoms with van der Waals surface area (Å²) in [6.07, 6.45) is 3.06. The summed E-state index contributed by atoms with van der Waals surface area (Å²) in [7, 11) is -0.302. The van der Waals surface area contributed by atoms with Gasteiger partial charge in [-0.15, -0.1) is 5.73 Å². The zero-order valence-electron chi connectivity index (χ0n) is 11.2. The van der Waals surface area contributed by atoms with Crippen LogP contribution in [0.3, 0.4) is 0 Å². The SMILES string of the molecule is CC1CC(C)(C)OB(C=C=Cc2ccccc2)O1. The van der Waals surface area contributed by atoms with Crippen LogP contribution in [0.15, 0.2) is 42.0 Å². The van der Waals surface area contributed by atoms with Crippen LogP contribution in [-0.2, 0) is 9.31 Å². The third-order valence-electron chi connectivity index (χ3n) is 2.86. The molecule has 0 aliphatic carbocycles. The molecule has 1 unspecified atom stereocenters. The summed E-state index contributed by atoms with van der Waals surface area (Å²) in [6, 6.07) is 10.1. The molecule has 0 aromatic heterocycles. The molecule has 18 heavy (non-hydrogen) atoms. The van der Waals surface area contributed by atoms with Gasteiger partial charge in [-0.05, 0) is 44.8 Å². The highest BCUT2D eigenvalue weighted by molar-refractivity contribution is 6.51. The minimum Gasteiger partial charge on any atom is -0.405 e. The third kappa shape index (κ3) is 3.88. The monoisotopic (exact) mass is 242 g/mol. The molecule has 0 bridgehead atoms. The van der Waals surface area contributed by atoms with Gasteiger partial charge >= 0.3 is 7.12 Å². The second-order valence-electron chi connectivity index (χ2n) is 5.29. The molecule has 0 spiro atoms. The van der Waals surface area contributed by atoms with E-state index in [0.717, 1.165) is 12.0 Å². The number of benzene rings is 1. The molecule has 0 N–H and O–H groups in total. The summed E-state index contributed by atoms with van der Waals surface area (Å²) in [5.41, 5.74) is 4.12. The molecule has 2 nitrogen and oxygen atoms in total. The minimum absolute atomic E-state index is 0.132. The van der Waals surface area contributed by atoms with Crippen molar-refractivity contribution in [2.75, 3.05) is 0 Å². The average molecular weight is 242 g/mol. The topological polar surface area (TPSA) is 18.5 Å². The first-order valence-corrected chi connectivity index (χ1v) is 6.36. The smallest absolute Gasteiger partial charge is 0.405 e. The first kappa shape index (κ1) is 13.2.